The van der Waals surface area contributed by atoms with Crippen molar-refractivity contribution in [2.75, 3.05) is 0 Å². The molecular weight excluding hydrogens is 153 g/mol. The van der Waals surface area contributed by atoms with Gasteiger partial charge in [0.15, 0.2) is 0 Å². The van der Waals surface area contributed by atoms with E-state index in [1.165, 1.54) is 12.1 Å². The van der Waals surface area contributed by atoms with Gasteiger partial charge >= 0.3 is 0 Å². The van der Waals surface area contributed by atoms with E-state index in [-0.39, 0.29) is 5.82 Å². The Kier molecular flexibility index (Phi) is 1.44. The number of fused-ring (bicyclic) bond motifs is 1. The predicted molar refractivity (Wildman–Crippen MR) is 44.1 cm³/mol. The maximum atomic E-state index is 12.7. The molecule has 2 heteroatoms. The molecule has 2 aromatic rings. The highest BCUT2D eigenvalue weighted by atomic mass is 19.1. The number of hydrogen-bond acceptors (Lipinski definition) is 1. The summed E-state index contributed by atoms with van der Waals surface area (Å²) in [6.07, 6.45) is 0. The smallest absolute Gasteiger partial charge is 0.124 e. The van der Waals surface area contributed by atoms with Crippen LogP contribution in [-0.4, -0.2) is 4.98 Å². The Morgan fingerprint density at radius 1 is 1.33 bits per heavy atom. The lowest BCUT2D eigenvalue weighted by Crippen LogP contribution is -1.81. The minimum atomic E-state index is -0.266. The van der Waals surface area contributed by atoms with E-state index < -0.39 is 0 Å². The predicted octanol–water partition coefficient (Wildman–Crippen LogP) is 2.28. The molecule has 0 aliphatic rings. The molecule has 0 saturated heterocycles. The summed E-state index contributed by atoms with van der Waals surface area (Å²) in [6, 6.07) is 10.1. The summed E-state index contributed by atoms with van der Waals surface area (Å²) in [5.41, 5.74) is 1.53. The summed E-state index contributed by atoms with van der Waals surface area (Å²) in [5, 5.41) is 0.667. The largest absolute Gasteiger partial charge is 0.243 e. The van der Waals surface area contributed by atoms with Crippen molar-refractivity contribution in [2.24, 2.45) is 0 Å². The van der Waals surface area contributed by atoms with Crippen LogP contribution in [0.15, 0.2) is 18.2 Å². The van der Waals surface area contributed by atoms with E-state index in [1.807, 2.05) is 6.92 Å². The number of nitrogens with zero attached hydrogens (tertiary/aromatic N) is 1. The zero-order valence-corrected chi connectivity index (χ0v) is 6.56. The molecule has 0 bridgehead atoms. The SMILES string of the molecule is Cc1c#cc2cc(F)ccc2n1. The number of aromatic nitrogens is 1. The lowest BCUT2D eigenvalue weighted by molar-refractivity contribution is 0.629. The Bertz CT molecular complexity index is 382. The third-order valence-electron chi connectivity index (χ3n) is 1.62. The molecule has 0 aliphatic heterocycles. The maximum Gasteiger partial charge on any atom is 0.124 e. The quantitative estimate of drug-likeness (QED) is 0.574. The summed E-state index contributed by atoms with van der Waals surface area (Å²) in [4.78, 5) is 4.16. The summed E-state index contributed by atoms with van der Waals surface area (Å²) >= 11 is 0. The van der Waals surface area contributed by atoms with Gasteiger partial charge in [-0.2, -0.15) is 0 Å². The highest BCUT2D eigenvalue weighted by molar-refractivity contribution is 5.76. The van der Waals surface area contributed by atoms with Crippen molar-refractivity contribution in [1.29, 1.82) is 0 Å². The Morgan fingerprint density at radius 2 is 2.17 bits per heavy atom. The van der Waals surface area contributed by atoms with Gasteiger partial charge in [-0.15, -0.1) is 0 Å². The zero-order chi connectivity index (χ0) is 8.55. The molecule has 0 amide bonds. The fraction of sp³-hybridized carbons (Fsp3) is 0.100. The van der Waals surface area contributed by atoms with Crippen LogP contribution in [0, 0.1) is 24.9 Å². The Balaban J connectivity index is 2.79. The molecule has 0 radical (unpaired) electrons. The molecule has 58 valence electrons. The minimum absolute atomic E-state index is 0.266. The fourth-order valence-corrected chi connectivity index (χ4v) is 1.07. The normalized spacial score (nSPS) is 9.83. The van der Waals surface area contributed by atoms with E-state index in [2.05, 4.69) is 17.1 Å². The van der Waals surface area contributed by atoms with Crippen molar-refractivity contribution in [3.05, 3.63) is 41.8 Å². The topological polar surface area (TPSA) is 12.9 Å². The molecule has 0 unspecified atom stereocenters. The van der Waals surface area contributed by atoms with Crippen LogP contribution in [0.4, 0.5) is 4.39 Å². The zero-order valence-electron chi connectivity index (χ0n) is 6.56. The lowest BCUT2D eigenvalue weighted by atomic mass is 10.2. The van der Waals surface area contributed by atoms with Crippen LogP contribution in [0.25, 0.3) is 10.9 Å². The molecule has 0 aliphatic carbocycles. The molecule has 0 N–H and O–H groups in total. The van der Waals surface area contributed by atoms with Crippen LogP contribution >= 0.6 is 0 Å². The van der Waals surface area contributed by atoms with Gasteiger partial charge in [-0.05, 0) is 31.2 Å². The molecular formula is C10H6FN. The molecule has 0 spiro atoms. The Morgan fingerprint density at radius 3 is 3.00 bits per heavy atom. The number of benzene rings is 1. The lowest BCUT2D eigenvalue weighted by Gasteiger charge is -1.93. The third kappa shape index (κ3) is 1.10. The molecule has 1 heterocycles. The second kappa shape index (κ2) is 2.46. The van der Waals surface area contributed by atoms with Crippen LogP contribution in [0.1, 0.15) is 5.69 Å². The Labute approximate surface area is 69.9 Å². The van der Waals surface area contributed by atoms with Crippen molar-refractivity contribution < 1.29 is 4.39 Å². The molecule has 0 saturated carbocycles. The Hall–Kier alpha value is -1.62. The number of hydrogen-bond donors (Lipinski definition) is 0. The summed E-state index contributed by atoms with van der Waals surface area (Å²) < 4.78 is 12.7. The van der Waals surface area contributed by atoms with Crippen molar-refractivity contribution in [1.82, 2.24) is 4.98 Å². The van der Waals surface area contributed by atoms with E-state index in [0.29, 0.717) is 5.39 Å². The van der Waals surface area contributed by atoms with Gasteiger partial charge in [0.05, 0.1) is 16.6 Å². The first-order chi connectivity index (χ1) is 5.75. The van der Waals surface area contributed by atoms with E-state index in [0.717, 1.165) is 11.2 Å². The highest BCUT2D eigenvalue weighted by Gasteiger charge is 1.95. The fourth-order valence-electron chi connectivity index (χ4n) is 1.07. The molecule has 1 aromatic carbocycles. The van der Waals surface area contributed by atoms with Crippen LogP contribution in [0.5, 0.6) is 0 Å². The molecule has 0 fully saturated rings. The number of rotatable bonds is 0. The van der Waals surface area contributed by atoms with Crippen LogP contribution in [0.3, 0.4) is 0 Å². The first kappa shape index (κ1) is 7.05. The van der Waals surface area contributed by atoms with Crippen LogP contribution in [-0.2, 0) is 0 Å². The van der Waals surface area contributed by atoms with Gasteiger partial charge in [-0.25, -0.2) is 9.37 Å². The van der Waals surface area contributed by atoms with Gasteiger partial charge in [0.1, 0.15) is 5.82 Å². The molecule has 2 rings (SSSR count). The van der Waals surface area contributed by atoms with E-state index >= 15 is 0 Å². The molecule has 1 nitrogen and oxygen atoms in total. The molecule has 1 aromatic heterocycles. The minimum Gasteiger partial charge on any atom is -0.243 e. The van der Waals surface area contributed by atoms with Crippen LogP contribution < -0.4 is 0 Å². The standard InChI is InChI=1S/C10H6FN/c1-7-2-3-8-6-9(11)4-5-10(8)12-7/h4-6H,1H3. The van der Waals surface area contributed by atoms with E-state index in [4.69, 9.17) is 0 Å². The molecule has 0 atom stereocenters. The van der Waals surface area contributed by atoms with Crippen molar-refractivity contribution >= 4 is 10.9 Å². The van der Waals surface area contributed by atoms with Crippen molar-refractivity contribution in [3.8, 4) is 0 Å². The van der Waals surface area contributed by atoms with Crippen molar-refractivity contribution in [3.63, 3.8) is 0 Å². The van der Waals surface area contributed by atoms with Gasteiger partial charge in [0.2, 0.25) is 0 Å². The van der Waals surface area contributed by atoms with Gasteiger partial charge in [0.25, 0.3) is 0 Å². The van der Waals surface area contributed by atoms with Gasteiger partial charge in [0, 0.05) is 0 Å². The first-order valence-electron chi connectivity index (χ1n) is 3.62. The first-order valence-corrected chi connectivity index (χ1v) is 3.62. The second-order valence-electron chi connectivity index (χ2n) is 2.61. The van der Waals surface area contributed by atoms with Crippen LogP contribution in [0.2, 0.25) is 0 Å². The van der Waals surface area contributed by atoms with Gasteiger partial charge < -0.3 is 0 Å². The average Bonchev–Trinajstić information content (AvgIpc) is 2.05. The summed E-state index contributed by atoms with van der Waals surface area (Å²) in [5.74, 6) is -0.266. The summed E-state index contributed by atoms with van der Waals surface area (Å²) in [6.45, 7) is 1.83. The number of halogens is 1. The molecule has 12 heavy (non-hydrogen) atoms. The maximum absolute atomic E-state index is 12.7. The highest BCUT2D eigenvalue weighted by Crippen LogP contribution is 2.10. The monoisotopic (exact) mass is 159 g/mol. The summed E-state index contributed by atoms with van der Waals surface area (Å²) in [7, 11) is 0. The third-order valence-corrected chi connectivity index (χ3v) is 1.62. The number of aryl methyl sites for hydroxylation is 1. The van der Waals surface area contributed by atoms with E-state index in [9.17, 15) is 4.39 Å². The second-order valence-corrected chi connectivity index (χ2v) is 2.61. The van der Waals surface area contributed by atoms with E-state index in [1.54, 1.807) is 6.07 Å². The van der Waals surface area contributed by atoms with Crippen molar-refractivity contribution in [2.45, 2.75) is 6.92 Å². The average molecular weight is 159 g/mol. The van der Waals surface area contributed by atoms with Gasteiger partial charge in [-0.3, -0.25) is 0 Å². The van der Waals surface area contributed by atoms with Gasteiger partial charge in [-0.1, -0.05) is 6.07 Å².